The molecule has 1 heterocycles. The summed E-state index contributed by atoms with van der Waals surface area (Å²) in [5.74, 6) is -0.927. The molecule has 0 aromatic heterocycles. The van der Waals surface area contributed by atoms with Crippen LogP contribution < -0.4 is 10.6 Å². The number of nitrogens with zero attached hydrogens (tertiary/aromatic N) is 1. The van der Waals surface area contributed by atoms with Crippen LogP contribution in [0.4, 0.5) is 11.4 Å². The summed E-state index contributed by atoms with van der Waals surface area (Å²) in [6.45, 7) is 1.19. The van der Waals surface area contributed by atoms with Crippen LogP contribution in [-0.2, 0) is 4.79 Å². The molecule has 0 spiro atoms. The lowest BCUT2D eigenvalue weighted by molar-refractivity contribution is -0.142. The molecule has 1 aliphatic heterocycles. The van der Waals surface area contributed by atoms with Crippen LogP contribution in [0.1, 0.15) is 0 Å². The second-order valence-electron chi connectivity index (χ2n) is 3.53. The normalized spacial score (nSPS) is 16.4. The van der Waals surface area contributed by atoms with Gasteiger partial charge < -0.3 is 15.7 Å². The van der Waals surface area contributed by atoms with E-state index in [4.69, 9.17) is 10.8 Å². The molecule has 2 rings (SSSR count). The van der Waals surface area contributed by atoms with Crippen LogP contribution in [0.3, 0.4) is 0 Å². The molecule has 1 fully saturated rings. The van der Waals surface area contributed by atoms with Gasteiger partial charge in [-0.3, -0.25) is 4.79 Å². The maximum absolute atomic E-state index is 10.6. The average molecular weight is 192 g/mol. The molecule has 0 saturated carbocycles. The molecule has 1 aromatic carbocycles. The molecule has 14 heavy (non-hydrogen) atoms. The number of carbonyl (C=O) groups is 1. The molecule has 1 aliphatic rings. The van der Waals surface area contributed by atoms with Crippen molar-refractivity contribution in [3.05, 3.63) is 24.3 Å². The smallest absolute Gasteiger partial charge is 0.310 e. The van der Waals surface area contributed by atoms with Crippen LogP contribution in [0.15, 0.2) is 24.3 Å². The molecule has 0 radical (unpaired) electrons. The maximum Gasteiger partial charge on any atom is 0.310 e. The van der Waals surface area contributed by atoms with Gasteiger partial charge in [-0.25, -0.2) is 0 Å². The van der Waals surface area contributed by atoms with Crippen molar-refractivity contribution in [2.24, 2.45) is 5.92 Å². The molecular weight excluding hydrogens is 180 g/mol. The fraction of sp³-hybridized carbons (Fsp3) is 0.300. The molecular formula is C10H12N2O2. The molecule has 4 nitrogen and oxygen atoms in total. The van der Waals surface area contributed by atoms with E-state index in [2.05, 4.69) is 0 Å². The van der Waals surface area contributed by atoms with Crippen molar-refractivity contribution in [1.82, 2.24) is 0 Å². The van der Waals surface area contributed by atoms with Crippen LogP contribution in [0.2, 0.25) is 0 Å². The number of benzene rings is 1. The highest BCUT2D eigenvalue weighted by Gasteiger charge is 2.32. The quantitative estimate of drug-likeness (QED) is 0.680. The van der Waals surface area contributed by atoms with E-state index in [1.165, 1.54) is 0 Å². The van der Waals surface area contributed by atoms with Gasteiger partial charge in [0.25, 0.3) is 0 Å². The monoisotopic (exact) mass is 192 g/mol. The van der Waals surface area contributed by atoms with Crippen LogP contribution in [-0.4, -0.2) is 24.2 Å². The Bertz CT molecular complexity index is 342. The van der Waals surface area contributed by atoms with Crippen LogP contribution in [0, 0.1) is 5.92 Å². The molecule has 4 heteroatoms. The zero-order chi connectivity index (χ0) is 10.1. The van der Waals surface area contributed by atoms with Crippen molar-refractivity contribution in [3.8, 4) is 0 Å². The summed E-state index contributed by atoms with van der Waals surface area (Å²) < 4.78 is 0. The van der Waals surface area contributed by atoms with Gasteiger partial charge in [0, 0.05) is 24.5 Å². The third-order valence-electron chi connectivity index (χ3n) is 2.49. The third kappa shape index (κ3) is 1.51. The van der Waals surface area contributed by atoms with E-state index in [1.54, 1.807) is 0 Å². The van der Waals surface area contributed by atoms with Crippen molar-refractivity contribution >= 4 is 17.3 Å². The molecule has 0 atom stereocenters. The number of aliphatic carboxylic acids is 1. The van der Waals surface area contributed by atoms with Crippen LogP contribution >= 0.6 is 0 Å². The zero-order valence-corrected chi connectivity index (χ0v) is 7.68. The Hall–Kier alpha value is -1.71. The lowest BCUT2D eigenvalue weighted by atomic mass is 9.99. The van der Waals surface area contributed by atoms with Crippen molar-refractivity contribution in [3.63, 3.8) is 0 Å². The second-order valence-corrected chi connectivity index (χ2v) is 3.53. The standard InChI is InChI=1S/C10H12N2O2/c11-8-1-3-9(4-2-8)12-5-7(6-12)10(13)14/h1-4,7H,5-6,11H2,(H,13,14). The molecule has 0 bridgehead atoms. The first kappa shape index (κ1) is 8.87. The van der Waals surface area contributed by atoms with E-state index < -0.39 is 5.97 Å². The Kier molecular flexibility index (Phi) is 2.04. The summed E-state index contributed by atoms with van der Waals surface area (Å²) in [6, 6.07) is 7.47. The summed E-state index contributed by atoms with van der Waals surface area (Å²) in [6.07, 6.45) is 0. The largest absolute Gasteiger partial charge is 0.481 e. The van der Waals surface area contributed by atoms with Gasteiger partial charge >= 0.3 is 5.97 Å². The number of rotatable bonds is 2. The van der Waals surface area contributed by atoms with Crippen LogP contribution in [0.5, 0.6) is 0 Å². The second kappa shape index (κ2) is 3.21. The Morgan fingerprint density at radius 3 is 2.43 bits per heavy atom. The minimum Gasteiger partial charge on any atom is -0.481 e. The number of nitrogen functional groups attached to an aromatic ring is 1. The maximum atomic E-state index is 10.6. The van der Waals surface area contributed by atoms with Crippen molar-refractivity contribution in [2.75, 3.05) is 23.7 Å². The zero-order valence-electron chi connectivity index (χ0n) is 7.68. The number of nitrogens with two attached hydrogens (primary N) is 1. The SMILES string of the molecule is Nc1ccc(N2CC(C(=O)O)C2)cc1. The van der Waals surface area contributed by atoms with Gasteiger partial charge in [0.1, 0.15) is 0 Å². The van der Waals surface area contributed by atoms with E-state index in [9.17, 15) is 4.79 Å². The predicted molar refractivity (Wildman–Crippen MR) is 54.2 cm³/mol. The highest BCUT2D eigenvalue weighted by molar-refractivity contribution is 5.74. The fourth-order valence-electron chi connectivity index (χ4n) is 1.53. The Labute approximate surface area is 81.9 Å². The molecule has 1 aromatic rings. The third-order valence-corrected chi connectivity index (χ3v) is 2.49. The number of anilines is 2. The molecule has 74 valence electrons. The van der Waals surface area contributed by atoms with Gasteiger partial charge in [-0.1, -0.05) is 0 Å². The van der Waals surface area contributed by atoms with E-state index in [0.29, 0.717) is 13.1 Å². The highest BCUT2D eigenvalue weighted by atomic mass is 16.4. The minimum atomic E-state index is -0.711. The highest BCUT2D eigenvalue weighted by Crippen LogP contribution is 2.25. The summed E-state index contributed by atoms with van der Waals surface area (Å²) in [5.41, 5.74) is 7.31. The predicted octanol–water partition coefficient (Wildman–Crippen LogP) is 0.790. The molecule has 0 amide bonds. The van der Waals surface area contributed by atoms with E-state index in [1.807, 2.05) is 29.2 Å². The van der Waals surface area contributed by atoms with Gasteiger partial charge in [-0.15, -0.1) is 0 Å². The molecule has 1 saturated heterocycles. The van der Waals surface area contributed by atoms with E-state index in [-0.39, 0.29) is 5.92 Å². The summed E-state index contributed by atoms with van der Waals surface area (Å²) in [4.78, 5) is 12.6. The molecule has 0 unspecified atom stereocenters. The number of carboxylic acid groups (broad SMARTS) is 1. The summed E-state index contributed by atoms with van der Waals surface area (Å²) in [5, 5.41) is 8.70. The number of hydrogen-bond acceptors (Lipinski definition) is 3. The molecule has 0 aliphatic carbocycles. The first-order valence-electron chi connectivity index (χ1n) is 4.50. The first-order valence-corrected chi connectivity index (χ1v) is 4.50. The lowest BCUT2D eigenvalue weighted by Gasteiger charge is -2.38. The van der Waals surface area contributed by atoms with Crippen LogP contribution in [0.25, 0.3) is 0 Å². The molecule has 3 N–H and O–H groups in total. The van der Waals surface area contributed by atoms with Crippen molar-refractivity contribution < 1.29 is 9.90 Å². The topological polar surface area (TPSA) is 66.6 Å². The van der Waals surface area contributed by atoms with E-state index in [0.717, 1.165) is 11.4 Å². The van der Waals surface area contributed by atoms with Crippen molar-refractivity contribution in [2.45, 2.75) is 0 Å². The number of carboxylic acids is 1. The lowest BCUT2D eigenvalue weighted by Crippen LogP contribution is -2.50. The Morgan fingerprint density at radius 1 is 1.36 bits per heavy atom. The summed E-state index contributed by atoms with van der Waals surface area (Å²) in [7, 11) is 0. The summed E-state index contributed by atoms with van der Waals surface area (Å²) >= 11 is 0. The Morgan fingerprint density at radius 2 is 1.93 bits per heavy atom. The Balaban J connectivity index is 2.00. The van der Waals surface area contributed by atoms with Gasteiger partial charge in [-0.2, -0.15) is 0 Å². The number of hydrogen-bond donors (Lipinski definition) is 2. The van der Waals surface area contributed by atoms with Crippen molar-refractivity contribution in [1.29, 1.82) is 0 Å². The van der Waals surface area contributed by atoms with Gasteiger partial charge in [0.15, 0.2) is 0 Å². The first-order chi connectivity index (χ1) is 6.66. The van der Waals surface area contributed by atoms with Gasteiger partial charge in [-0.05, 0) is 24.3 Å². The minimum absolute atomic E-state index is 0.215. The van der Waals surface area contributed by atoms with Gasteiger partial charge in [0.05, 0.1) is 5.92 Å². The van der Waals surface area contributed by atoms with Gasteiger partial charge in [0.2, 0.25) is 0 Å². The van der Waals surface area contributed by atoms with E-state index >= 15 is 0 Å². The average Bonchev–Trinajstić information content (AvgIpc) is 2.05. The fourth-order valence-corrected chi connectivity index (χ4v) is 1.53.